The SMILES string of the molecule is NCc1ccc(C23CCN(CC2)CC3)cc1. The van der Waals surface area contributed by atoms with Gasteiger partial charge in [-0.1, -0.05) is 24.3 Å². The molecule has 2 bridgehead atoms. The maximum Gasteiger partial charge on any atom is 0.0178 e. The van der Waals surface area contributed by atoms with Gasteiger partial charge in [0.1, 0.15) is 0 Å². The molecule has 0 spiro atoms. The van der Waals surface area contributed by atoms with Gasteiger partial charge in [0.05, 0.1) is 0 Å². The number of rotatable bonds is 2. The molecule has 0 atom stereocenters. The van der Waals surface area contributed by atoms with Crippen molar-refractivity contribution in [1.82, 2.24) is 4.90 Å². The first-order valence-corrected chi connectivity index (χ1v) is 6.34. The van der Waals surface area contributed by atoms with Gasteiger partial charge in [0.25, 0.3) is 0 Å². The zero-order chi connectivity index (χ0) is 11.0. The fourth-order valence-electron chi connectivity index (χ4n) is 3.25. The van der Waals surface area contributed by atoms with Crippen molar-refractivity contribution in [3.8, 4) is 0 Å². The minimum absolute atomic E-state index is 0.488. The Morgan fingerprint density at radius 3 is 2.06 bits per heavy atom. The number of piperidine rings is 3. The van der Waals surface area contributed by atoms with E-state index in [-0.39, 0.29) is 0 Å². The summed E-state index contributed by atoms with van der Waals surface area (Å²) in [6.07, 6.45) is 4.03. The highest BCUT2D eigenvalue weighted by molar-refractivity contribution is 5.31. The summed E-state index contributed by atoms with van der Waals surface area (Å²) in [7, 11) is 0. The van der Waals surface area contributed by atoms with Crippen LogP contribution in [0.4, 0.5) is 0 Å². The molecule has 3 heterocycles. The van der Waals surface area contributed by atoms with Gasteiger partial charge >= 0.3 is 0 Å². The molecule has 0 radical (unpaired) electrons. The van der Waals surface area contributed by atoms with Gasteiger partial charge in [0.15, 0.2) is 0 Å². The van der Waals surface area contributed by atoms with Crippen LogP contribution in [0.15, 0.2) is 24.3 Å². The Labute approximate surface area is 97.4 Å². The van der Waals surface area contributed by atoms with Crippen molar-refractivity contribution in [2.45, 2.75) is 31.2 Å². The van der Waals surface area contributed by atoms with E-state index in [1.807, 2.05) is 0 Å². The number of hydrogen-bond donors (Lipinski definition) is 1. The predicted molar refractivity (Wildman–Crippen MR) is 66.3 cm³/mol. The molecule has 0 aliphatic carbocycles. The van der Waals surface area contributed by atoms with Gasteiger partial charge in [0.2, 0.25) is 0 Å². The lowest BCUT2D eigenvalue weighted by Crippen LogP contribution is -2.50. The zero-order valence-electron chi connectivity index (χ0n) is 9.78. The molecule has 0 unspecified atom stereocenters. The van der Waals surface area contributed by atoms with Crippen LogP contribution in [0.3, 0.4) is 0 Å². The molecule has 3 aliphatic rings. The average molecular weight is 216 g/mol. The van der Waals surface area contributed by atoms with E-state index in [2.05, 4.69) is 29.2 Å². The second-order valence-corrected chi connectivity index (χ2v) is 5.27. The summed E-state index contributed by atoms with van der Waals surface area (Å²) in [6.45, 7) is 4.52. The quantitative estimate of drug-likeness (QED) is 0.818. The average Bonchev–Trinajstić information content (AvgIpc) is 2.41. The molecular formula is C14H20N2. The second kappa shape index (κ2) is 3.86. The number of fused-ring (bicyclic) bond motifs is 3. The van der Waals surface area contributed by atoms with E-state index >= 15 is 0 Å². The molecule has 2 heteroatoms. The summed E-state index contributed by atoms with van der Waals surface area (Å²) in [4.78, 5) is 2.59. The number of nitrogens with two attached hydrogens (primary N) is 1. The normalized spacial score (nSPS) is 32.9. The highest BCUT2D eigenvalue weighted by Gasteiger charge is 2.40. The Balaban J connectivity index is 1.89. The van der Waals surface area contributed by atoms with E-state index in [4.69, 9.17) is 5.73 Å². The van der Waals surface area contributed by atoms with Crippen LogP contribution in [0.2, 0.25) is 0 Å². The first-order valence-electron chi connectivity index (χ1n) is 6.34. The van der Waals surface area contributed by atoms with Crippen LogP contribution in [0.5, 0.6) is 0 Å². The molecule has 2 N–H and O–H groups in total. The van der Waals surface area contributed by atoms with Gasteiger partial charge in [-0.05, 0) is 55.4 Å². The van der Waals surface area contributed by atoms with Crippen LogP contribution in [0.1, 0.15) is 30.4 Å². The molecule has 4 rings (SSSR count). The first kappa shape index (κ1) is 10.3. The van der Waals surface area contributed by atoms with Crippen molar-refractivity contribution in [1.29, 1.82) is 0 Å². The summed E-state index contributed by atoms with van der Waals surface area (Å²) in [5.74, 6) is 0. The molecule has 86 valence electrons. The molecule has 0 aromatic heterocycles. The summed E-state index contributed by atoms with van der Waals surface area (Å²) in [5, 5.41) is 0. The van der Waals surface area contributed by atoms with Crippen LogP contribution in [-0.4, -0.2) is 24.5 Å². The molecule has 1 aromatic carbocycles. The van der Waals surface area contributed by atoms with E-state index < -0.39 is 0 Å². The van der Waals surface area contributed by atoms with Gasteiger partial charge in [-0.2, -0.15) is 0 Å². The summed E-state index contributed by atoms with van der Waals surface area (Å²) in [6, 6.07) is 9.02. The molecule has 2 nitrogen and oxygen atoms in total. The van der Waals surface area contributed by atoms with Crippen molar-refractivity contribution >= 4 is 0 Å². The molecule has 1 aromatic rings. The Hall–Kier alpha value is -0.860. The Morgan fingerprint density at radius 2 is 1.56 bits per heavy atom. The van der Waals surface area contributed by atoms with Crippen LogP contribution >= 0.6 is 0 Å². The third-order valence-electron chi connectivity index (χ3n) is 4.52. The fourth-order valence-corrected chi connectivity index (χ4v) is 3.25. The first-order chi connectivity index (χ1) is 7.82. The Morgan fingerprint density at radius 1 is 1.00 bits per heavy atom. The number of nitrogens with zero attached hydrogens (tertiary/aromatic N) is 1. The molecule has 0 saturated carbocycles. The van der Waals surface area contributed by atoms with Gasteiger partial charge in [-0.3, -0.25) is 0 Å². The molecule has 0 amide bonds. The molecule has 3 fully saturated rings. The van der Waals surface area contributed by atoms with Crippen molar-refractivity contribution in [3.05, 3.63) is 35.4 Å². The molecule has 3 saturated heterocycles. The summed E-state index contributed by atoms with van der Waals surface area (Å²) >= 11 is 0. The Kier molecular flexibility index (Phi) is 2.49. The minimum atomic E-state index is 0.488. The van der Waals surface area contributed by atoms with E-state index in [1.54, 1.807) is 5.56 Å². The second-order valence-electron chi connectivity index (χ2n) is 5.27. The van der Waals surface area contributed by atoms with E-state index in [0.29, 0.717) is 12.0 Å². The number of benzene rings is 1. The maximum atomic E-state index is 5.64. The van der Waals surface area contributed by atoms with Crippen molar-refractivity contribution < 1.29 is 0 Å². The smallest absolute Gasteiger partial charge is 0.0178 e. The van der Waals surface area contributed by atoms with E-state index in [0.717, 1.165) is 0 Å². The van der Waals surface area contributed by atoms with Crippen LogP contribution in [0, 0.1) is 0 Å². The largest absolute Gasteiger partial charge is 0.326 e. The fraction of sp³-hybridized carbons (Fsp3) is 0.571. The van der Waals surface area contributed by atoms with Crippen LogP contribution in [-0.2, 0) is 12.0 Å². The van der Waals surface area contributed by atoms with Gasteiger partial charge < -0.3 is 10.6 Å². The predicted octanol–water partition coefficient (Wildman–Crippen LogP) is 1.88. The topological polar surface area (TPSA) is 29.3 Å². The lowest BCUT2D eigenvalue weighted by atomic mass is 9.67. The van der Waals surface area contributed by atoms with Gasteiger partial charge in [-0.25, -0.2) is 0 Å². The van der Waals surface area contributed by atoms with Crippen molar-refractivity contribution in [2.75, 3.05) is 19.6 Å². The standard InChI is InChI=1S/C14H20N2/c15-11-12-1-3-13(4-2-12)14-5-8-16(9-6-14)10-7-14/h1-4H,5-11,15H2. The lowest BCUT2D eigenvalue weighted by molar-refractivity contribution is 0.0818. The molecular weight excluding hydrogens is 196 g/mol. The van der Waals surface area contributed by atoms with Gasteiger partial charge in [0, 0.05) is 6.54 Å². The highest BCUT2D eigenvalue weighted by Crippen LogP contribution is 2.42. The monoisotopic (exact) mass is 216 g/mol. The highest BCUT2D eigenvalue weighted by atomic mass is 15.1. The van der Waals surface area contributed by atoms with Crippen molar-refractivity contribution in [3.63, 3.8) is 0 Å². The van der Waals surface area contributed by atoms with Crippen LogP contribution < -0.4 is 5.73 Å². The maximum absolute atomic E-state index is 5.64. The molecule has 3 aliphatic heterocycles. The summed E-state index contributed by atoms with van der Waals surface area (Å²) < 4.78 is 0. The summed E-state index contributed by atoms with van der Waals surface area (Å²) in [5.41, 5.74) is 8.92. The third-order valence-corrected chi connectivity index (χ3v) is 4.52. The van der Waals surface area contributed by atoms with Crippen LogP contribution in [0.25, 0.3) is 0 Å². The minimum Gasteiger partial charge on any atom is -0.326 e. The lowest BCUT2D eigenvalue weighted by Gasteiger charge is -2.49. The van der Waals surface area contributed by atoms with Crippen molar-refractivity contribution in [2.24, 2.45) is 5.73 Å². The van der Waals surface area contributed by atoms with E-state index in [1.165, 1.54) is 44.5 Å². The Bertz CT molecular complexity index is 347. The van der Waals surface area contributed by atoms with E-state index in [9.17, 15) is 0 Å². The van der Waals surface area contributed by atoms with Gasteiger partial charge in [-0.15, -0.1) is 0 Å². The zero-order valence-corrected chi connectivity index (χ0v) is 9.78. The third kappa shape index (κ3) is 1.57. The molecule has 16 heavy (non-hydrogen) atoms. The number of hydrogen-bond acceptors (Lipinski definition) is 2.